The Morgan fingerprint density at radius 3 is 2.52 bits per heavy atom. The Morgan fingerprint density at radius 2 is 1.81 bits per heavy atom. The van der Waals surface area contributed by atoms with E-state index in [-0.39, 0.29) is 28.9 Å². The van der Waals surface area contributed by atoms with E-state index in [0.717, 1.165) is 5.56 Å². The van der Waals surface area contributed by atoms with E-state index in [1.54, 1.807) is 25.1 Å². The van der Waals surface area contributed by atoms with Gasteiger partial charge in [-0.15, -0.1) is 0 Å². The molecule has 0 radical (unpaired) electrons. The van der Waals surface area contributed by atoms with Gasteiger partial charge in [-0.25, -0.2) is 0 Å². The lowest BCUT2D eigenvalue weighted by Crippen LogP contribution is -2.26. The van der Waals surface area contributed by atoms with E-state index in [0.29, 0.717) is 29.7 Å². The fraction of sp³-hybridized carbons (Fsp3) is 0.190. The molecule has 138 valence electrons. The SMILES string of the molecule is Cc1c(-c2ccccc2)oc2c(C(=O)NCCCC(N)=O)cccc2c1=O. The van der Waals surface area contributed by atoms with Crippen LogP contribution in [0.2, 0.25) is 0 Å². The molecule has 0 fully saturated rings. The molecule has 0 aliphatic carbocycles. The molecule has 0 atom stereocenters. The van der Waals surface area contributed by atoms with E-state index in [1.165, 1.54) is 0 Å². The van der Waals surface area contributed by atoms with Crippen molar-refractivity contribution in [1.82, 2.24) is 5.32 Å². The second-order valence-corrected chi connectivity index (χ2v) is 6.26. The molecular weight excluding hydrogens is 344 g/mol. The highest BCUT2D eigenvalue weighted by Gasteiger charge is 2.18. The average Bonchev–Trinajstić information content (AvgIpc) is 2.68. The van der Waals surface area contributed by atoms with Gasteiger partial charge in [-0.05, 0) is 25.5 Å². The third kappa shape index (κ3) is 3.89. The summed E-state index contributed by atoms with van der Waals surface area (Å²) in [5.74, 6) is -0.332. The van der Waals surface area contributed by atoms with Crippen LogP contribution in [0, 0.1) is 6.92 Å². The molecule has 0 spiro atoms. The second-order valence-electron chi connectivity index (χ2n) is 6.26. The van der Waals surface area contributed by atoms with Crippen molar-refractivity contribution in [3.8, 4) is 11.3 Å². The number of fused-ring (bicyclic) bond motifs is 1. The fourth-order valence-corrected chi connectivity index (χ4v) is 2.91. The van der Waals surface area contributed by atoms with E-state index >= 15 is 0 Å². The zero-order valence-corrected chi connectivity index (χ0v) is 15.0. The van der Waals surface area contributed by atoms with E-state index in [2.05, 4.69) is 5.32 Å². The summed E-state index contributed by atoms with van der Waals surface area (Å²) in [5.41, 5.74) is 6.72. The lowest BCUT2D eigenvalue weighted by molar-refractivity contribution is -0.118. The minimum absolute atomic E-state index is 0.168. The molecule has 2 aromatic carbocycles. The summed E-state index contributed by atoms with van der Waals surface area (Å²) in [6, 6.07) is 14.2. The minimum atomic E-state index is -0.414. The molecule has 1 aromatic heterocycles. The standard InChI is InChI=1S/C21H20N2O4/c1-13-18(25)15-9-5-10-16(21(26)23-12-6-11-17(22)24)20(15)27-19(13)14-7-3-2-4-8-14/h2-5,7-10H,6,11-12H2,1H3,(H2,22,24)(H,23,26). The molecule has 27 heavy (non-hydrogen) atoms. The van der Waals surface area contributed by atoms with Gasteiger partial charge in [0.1, 0.15) is 5.76 Å². The lowest BCUT2D eigenvalue weighted by Gasteiger charge is -2.10. The van der Waals surface area contributed by atoms with Gasteiger partial charge < -0.3 is 15.5 Å². The Hall–Kier alpha value is -3.41. The predicted octanol–water partition coefficient (Wildman–Crippen LogP) is 2.76. The number of nitrogens with two attached hydrogens (primary N) is 1. The van der Waals surface area contributed by atoms with Crippen molar-refractivity contribution >= 4 is 22.8 Å². The first-order valence-corrected chi connectivity index (χ1v) is 8.67. The quantitative estimate of drug-likeness (QED) is 0.657. The molecule has 6 nitrogen and oxygen atoms in total. The summed E-state index contributed by atoms with van der Waals surface area (Å²) >= 11 is 0. The van der Waals surface area contributed by atoms with Crippen LogP contribution < -0.4 is 16.5 Å². The zero-order chi connectivity index (χ0) is 19.4. The van der Waals surface area contributed by atoms with Crippen LogP contribution in [0.5, 0.6) is 0 Å². The highest BCUT2D eigenvalue weighted by molar-refractivity contribution is 6.05. The molecule has 0 saturated heterocycles. The number of benzene rings is 2. The Balaban J connectivity index is 2.02. The first-order valence-electron chi connectivity index (χ1n) is 8.67. The third-order valence-corrected chi connectivity index (χ3v) is 4.31. The Kier molecular flexibility index (Phi) is 5.35. The molecule has 0 aliphatic heterocycles. The molecule has 0 unspecified atom stereocenters. The van der Waals surface area contributed by atoms with Crippen molar-refractivity contribution in [3.63, 3.8) is 0 Å². The maximum Gasteiger partial charge on any atom is 0.255 e. The van der Waals surface area contributed by atoms with Crippen LogP contribution in [0.15, 0.2) is 57.7 Å². The molecule has 0 bridgehead atoms. The van der Waals surface area contributed by atoms with Crippen molar-refractivity contribution < 1.29 is 14.0 Å². The maximum atomic E-state index is 12.8. The van der Waals surface area contributed by atoms with Crippen LogP contribution in [0.1, 0.15) is 28.8 Å². The molecule has 3 rings (SSSR count). The molecule has 6 heteroatoms. The molecule has 0 aliphatic rings. The van der Waals surface area contributed by atoms with Crippen LogP contribution in [-0.4, -0.2) is 18.4 Å². The molecule has 3 aromatic rings. The third-order valence-electron chi connectivity index (χ3n) is 4.31. The molecule has 3 N–H and O–H groups in total. The number of hydrogen-bond donors (Lipinski definition) is 2. The van der Waals surface area contributed by atoms with Crippen molar-refractivity contribution in [2.24, 2.45) is 5.73 Å². The molecule has 0 saturated carbocycles. The highest BCUT2D eigenvalue weighted by Crippen LogP contribution is 2.27. The van der Waals surface area contributed by atoms with Gasteiger partial charge in [0.15, 0.2) is 11.0 Å². The lowest BCUT2D eigenvalue weighted by atomic mass is 10.0. The smallest absolute Gasteiger partial charge is 0.255 e. The fourth-order valence-electron chi connectivity index (χ4n) is 2.91. The number of amides is 2. The predicted molar refractivity (Wildman–Crippen MR) is 103 cm³/mol. The summed E-state index contributed by atoms with van der Waals surface area (Å²) in [4.78, 5) is 36.1. The van der Waals surface area contributed by atoms with E-state index in [1.807, 2.05) is 30.3 Å². The normalized spacial score (nSPS) is 10.7. The van der Waals surface area contributed by atoms with Gasteiger partial charge in [0, 0.05) is 24.1 Å². The number of carbonyl (C=O) groups excluding carboxylic acids is 2. The van der Waals surface area contributed by atoms with Gasteiger partial charge in [0.25, 0.3) is 5.91 Å². The van der Waals surface area contributed by atoms with E-state index in [4.69, 9.17) is 10.2 Å². The topological polar surface area (TPSA) is 102 Å². The first kappa shape index (κ1) is 18.4. The van der Waals surface area contributed by atoms with E-state index in [9.17, 15) is 14.4 Å². The van der Waals surface area contributed by atoms with Gasteiger partial charge in [-0.3, -0.25) is 14.4 Å². The van der Waals surface area contributed by atoms with Gasteiger partial charge in [0.2, 0.25) is 5.91 Å². The number of nitrogens with one attached hydrogen (secondary N) is 1. The number of rotatable bonds is 6. The molecular formula is C21H20N2O4. The maximum absolute atomic E-state index is 12.8. The average molecular weight is 364 g/mol. The minimum Gasteiger partial charge on any atom is -0.455 e. The van der Waals surface area contributed by atoms with Crippen molar-refractivity contribution in [3.05, 3.63) is 69.9 Å². The van der Waals surface area contributed by atoms with Crippen LogP contribution >= 0.6 is 0 Å². The van der Waals surface area contributed by atoms with Gasteiger partial charge >= 0.3 is 0 Å². The van der Waals surface area contributed by atoms with Crippen molar-refractivity contribution in [2.75, 3.05) is 6.54 Å². The van der Waals surface area contributed by atoms with Crippen LogP contribution in [-0.2, 0) is 4.79 Å². The van der Waals surface area contributed by atoms with Crippen LogP contribution in [0.4, 0.5) is 0 Å². The highest BCUT2D eigenvalue weighted by atomic mass is 16.3. The monoisotopic (exact) mass is 364 g/mol. The number of hydrogen-bond acceptors (Lipinski definition) is 4. The number of carbonyl (C=O) groups is 2. The summed E-state index contributed by atoms with van der Waals surface area (Å²) < 4.78 is 6.02. The molecule has 1 heterocycles. The Morgan fingerprint density at radius 1 is 1.07 bits per heavy atom. The van der Waals surface area contributed by atoms with Gasteiger partial charge in [-0.2, -0.15) is 0 Å². The largest absolute Gasteiger partial charge is 0.455 e. The van der Waals surface area contributed by atoms with Gasteiger partial charge in [0.05, 0.1) is 10.9 Å². The van der Waals surface area contributed by atoms with Gasteiger partial charge in [-0.1, -0.05) is 36.4 Å². The first-order chi connectivity index (χ1) is 13.0. The number of para-hydroxylation sites is 1. The second kappa shape index (κ2) is 7.86. The summed E-state index contributed by atoms with van der Waals surface area (Å²) in [6.07, 6.45) is 0.645. The van der Waals surface area contributed by atoms with Crippen LogP contribution in [0.3, 0.4) is 0 Å². The number of primary amides is 1. The van der Waals surface area contributed by atoms with Crippen molar-refractivity contribution in [1.29, 1.82) is 0 Å². The Labute approximate surface area is 156 Å². The Bertz CT molecular complexity index is 1050. The van der Waals surface area contributed by atoms with Crippen molar-refractivity contribution in [2.45, 2.75) is 19.8 Å². The van der Waals surface area contributed by atoms with Crippen LogP contribution in [0.25, 0.3) is 22.3 Å². The zero-order valence-electron chi connectivity index (χ0n) is 15.0. The summed E-state index contributed by atoms with van der Waals surface area (Å²) in [7, 11) is 0. The summed E-state index contributed by atoms with van der Waals surface area (Å²) in [5, 5.41) is 3.09. The summed E-state index contributed by atoms with van der Waals surface area (Å²) in [6.45, 7) is 2.02. The molecule has 2 amide bonds. The van der Waals surface area contributed by atoms with E-state index < -0.39 is 5.91 Å².